The first-order valence-corrected chi connectivity index (χ1v) is 9.49. The summed E-state index contributed by atoms with van der Waals surface area (Å²) in [5, 5.41) is 13.3. The smallest absolute Gasteiger partial charge is 0.255 e. The van der Waals surface area contributed by atoms with Gasteiger partial charge < -0.3 is 29.4 Å². The largest absolute Gasteiger partial charge is 0.493 e. The van der Waals surface area contributed by atoms with E-state index in [0.717, 1.165) is 0 Å². The van der Waals surface area contributed by atoms with Crippen LogP contribution >= 0.6 is 11.6 Å². The molecule has 158 valence electrons. The molecule has 0 fully saturated rings. The number of amides is 1. The van der Waals surface area contributed by atoms with E-state index in [1.807, 2.05) is 13.8 Å². The van der Waals surface area contributed by atoms with E-state index in [2.05, 4.69) is 5.32 Å². The van der Waals surface area contributed by atoms with Crippen molar-refractivity contribution in [3.05, 3.63) is 47.0 Å². The van der Waals surface area contributed by atoms with Gasteiger partial charge in [-0.15, -0.1) is 0 Å². The van der Waals surface area contributed by atoms with Crippen LogP contribution in [0, 0.1) is 0 Å². The minimum absolute atomic E-state index is 0.0239. The van der Waals surface area contributed by atoms with Crippen molar-refractivity contribution in [3.8, 4) is 23.0 Å². The van der Waals surface area contributed by atoms with Gasteiger partial charge in [-0.2, -0.15) is 0 Å². The van der Waals surface area contributed by atoms with Crippen LogP contribution < -0.4 is 24.3 Å². The second-order valence-corrected chi connectivity index (χ2v) is 6.91. The summed E-state index contributed by atoms with van der Waals surface area (Å²) in [6.07, 6.45) is -1.06. The quantitative estimate of drug-likeness (QED) is 0.609. The van der Waals surface area contributed by atoms with Crippen LogP contribution in [-0.2, 0) is 0 Å². The van der Waals surface area contributed by atoms with Crippen molar-refractivity contribution >= 4 is 17.5 Å². The molecule has 1 unspecified atom stereocenters. The second-order valence-electron chi connectivity index (χ2n) is 6.47. The summed E-state index contributed by atoms with van der Waals surface area (Å²) in [5.41, 5.74) is 0.297. The summed E-state index contributed by atoms with van der Waals surface area (Å²) in [5.74, 6) is 1.36. The lowest BCUT2D eigenvalue weighted by Crippen LogP contribution is -2.35. The fraction of sp³-hybridized carbons (Fsp3) is 0.381. The van der Waals surface area contributed by atoms with E-state index in [1.54, 1.807) is 30.3 Å². The first-order chi connectivity index (χ1) is 13.8. The number of carbonyl (C=O) groups excluding carboxylic acids is 1. The highest BCUT2D eigenvalue weighted by atomic mass is 35.5. The Balaban J connectivity index is 1.97. The number of para-hydroxylation sites is 1. The number of methoxy groups -OCH3 is 2. The Bertz CT molecular complexity index is 805. The van der Waals surface area contributed by atoms with E-state index in [1.165, 1.54) is 20.3 Å². The van der Waals surface area contributed by atoms with Crippen LogP contribution in [-0.4, -0.2) is 50.6 Å². The number of carbonyl (C=O) groups is 1. The van der Waals surface area contributed by atoms with Crippen molar-refractivity contribution in [3.63, 3.8) is 0 Å². The van der Waals surface area contributed by atoms with E-state index in [4.69, 9.17) is 30.5 Å². The highest BCUT2D eigenvalue weighted by Crippen LogP contribution is 2.36. The molecule has 2 aromatic rings. The lowest BCUT2D eigenvalue weighted by Gasteiger charge is -2.18. The Morgan fingerprint density at radius 2 is 1.76 bits per heavy atom. The molecule has 1 amide bonds. The van der Waals surface area contributed by atoms with Crippen LogP contribution in [0.15, 0.2) is 36.4 Å². The SMILES string of the molecule is COc1cccc(OC)c1OCC(O)CNC(=O)c1cc(Cl)ccc1OC(C)C. The summed E-state index contributed by atoms with van der Waals surface area (Å²) < 4.78 is 21.8. The molecule has 0 bridgehead atoms. The van der Waals surface area contributed by atoms with Crippen LogP contribution in [0.5, 0.6) is 23.0 Å². The zero-order valence-corrected chi connectivity index (χ0v) is 17.7. The van der Waals surface area contributed by atoms with Gasteiger partial charge in [-0.3, -0.25) is 4.79 Å². The van der Waals surface area contributed by atoms with Crippen LogP contribution in [0.4, 0.5) is 0 Å². The molecule has 29 heavy (non-hydrogen) atoms. The summed E-state index contributed by atoms with van der Waals surface area (Å²) in [6.45, 7) is 3.64. The number of rotatable bonds is 10. The van der Waals surface area contributed by atoms with Gasteiger partial charge in [0.25, 0.3) is 5.91 Å². The monoisotopic (exact) mass is 423 g/mol. The number of aliphatic hydroxyl groups excluding tert-OH is 1. The molecule has 0 heterocycles. The molecule has 2 N–H and O–H groups in total. The minimum atomic E-state index is -0.956. The third-order valence-corrected chi connectivity index (χ3v) is 4.08. The maximum atomic E-state index is 12.5. The van der Waals surface area contributed by atoms with Gasteiger partial charge in [-0.1, -0.05) is 17.7 Å². The van der Waals surface area contributed by atoms with E-state index in [0.29, 0.717) is 33.6 Å². The average Bonchev–Trinajstić information content (AvgIpc) is 2.70. The Kier molecular flexibility index (Phi) is 8.42. The molecule has 1 atom stereocenters. The molecule has 0 aliphatic heterocycles. The molecule has 0 aliphatic rings. The van der Waals surface area contributed by atoms with Gasteiger partial charge in [0.15, 0.2) is 11.5 Å². The van der Waals surface area contributed by atoms with Gasteiger partial charge in [0.05, 0.1) is 25.9 Å². The highest BCUT2D eigenvalue weighted by Gasteiger charge is 2.17. The number of aliphatic hydroxyl groups is 1. The van der Waals surface area contributed by atoms with Gasteiger partial charge in [-0.05, 0) is 44.2 Å². The summed E-state index contributed by atoms with van der Waals surface area (Å²) in [6, 6.07) is 10.0. The fourth-order valence-corrected chi connectivity index (χ4v) is 2.71. The van der Waals surface area contributed by atoms with Crippen molar-refractivity contribution in [2.24, 2.45) is 0 Å². The molecule has 2 aromatic carbocycles. The van der Waals surface area contributed by atoms with Crippen molar-refractivity contribution < 1.29 is 28.8 Å². The van der Waals surface area contributed by atoms with Gasteiger partial charge in [0.2, 0.25) is 5.75 Å². The number of hydrogen-bond donors (Lipinski definition) is 2. The van der Waals surface area contributed by atoms with E-state index in [-0.39, 0.29) is 19.3 Å². The molecule has 8 heteroatoms. The predicted molar refractivity (Wildman–Crippen MR) is 111 cm³/mol. The second kappa shape index (κ2) is 10.8. The fourth-order valence-electron chi connectivity index (χ4n) is 2.54. The average molecular weight is 424 g/mol. The number of benzene rings is 2. The zero-order valence-electron chi connectivity index (χ0n) is 16.9. The van der Waals surface area contributed by atoms with Crippen molar-refractivity contribution in [2.45, 2.75) is 26.1 Å². The molecular weight excluding hydrogens is 398 g/mol. The summed E-state index contributed by atoms with van der Waals surface area (Å²) in [7, 11) is 3.03. The van der Waals surface area contributed by atoms with Crippen LogP contribution in [0.3, 0.4) is 0 Å². The standard InChI is InChI=1S/C21H26ClNO6/c1-13(2)29-17-9-8-14(22)10-16(17)21(25)23-11-15(24)12-28-20-18(26-3)6-5-7-19(20)27-4/h5-10,13,15,24H,11-12H2,1-4H3,(H,23,25). The molecule has 0 saturated carbocycles. The Labute approximate surface area is 175 Å². The minimum Gasteiger partial charge on any atom is -0.493 e. The lowest BCUT2D eigenvalue weighted by atomic mass is 10.2. The van der Waals surface area contributed by atoms with Crippen molar-refractivity contribution in [1.82, 2.24) is 5.32 Å². The van der Waals surface area contributed by atoms with Crippen molar-refractivity contribution in [2.75, 3.05) is 27.4 Å². The lowest BCUT2D eigenvalue weighted by molar-refractivity contribution is 0.0829. The van der Waals surface area contributed by atoms with E-state index in [9.17, 15) is 9.90 Å². The molecule has 0 spiro atoms. The first kappa shape index (κ1) is 22.6. The van der Waals surface area contributed by atoms with E-state index < -0.39 is 12.0 Å². The van der Waals surface area contributed by atoms with Crippen LogP contribution in [0.25, 0.3) is 0 Å². The third kappa shape index (κ3) is 6.44. The van der Waals surface area contributed by atoms with Gasteiger partial charge >= 0.3 is 0 Å². The normalized spacial score (nSPS) is 11.7. The predicted octanol–water partition coefficient (Wildman–Crippen LogP) is 3.31. The molecule has 2 rings (SSSR count). The van der Waals surface area contributed by atoms with Gasteiger partial charge in [-0.25, -0.2) is 0 Å². The van der Waals surface area contributed by atoms with Gasteiger partial charge in [0.1, 0.15) is 18.5 Å². The maximum absolute atomic E-state index is 12.5. The van der Waals surface area contributed by atoms with E-state index >= 15 is 0 Å². The van der Waals surface area contributed by atoms with Crippen molar-refractivity contribution in [1.29, 1.82) is 0 Å². The molecule has 0 radical (unpaired) electrons. The molecule has 0 saturated heterocycles. The van der Waals surface area contributed by atoms with Gasteiger partial charge in [0, 0.05) is 11.6 Å². The summed E-state index contributed by atoms with van der Waals surface area (Å²) in [4.78, 5) is 12.5. The number of nitrogens with one attached hydrogen (secondary N) is 1. The zero-order chi connectivity index (χ0) is 21.4. The number of ether oxygens (including phenoxy) is 4. The Hall–Kier alpha value is -2.64. The maximum Gasteiger partial charge on any atom is 0.255 e. The Morgan fingerprint density at radius 1 is 1.10 bits per heavy atom. The molecular formula is C21H26ClNO6. The number of halogens is 1. The molecule has 0 aromatic heterocycles. The number of hydrogen-bond acceptors (Lipinski definition) is 6. The molecule has 7 nitrogen and oxygen atoms in total. The third-order valence-electron chi connectivity index (χ3n) is 3.85. The first-order valence-electron chi connectivity index (χ1n) is 9.12. The highest BCUT2D eigenvalue weighted by molar-refractivity contribution is 6.31. The topological polar surface area (TPSA) is 86.3 Å². The van der Waals surface area contributed by atoms with Crippen LogP contribution in [0.1, 0.15) is 24.2 Å². The summed E-state index contributed by atoms with van der Waals surface area (Å²) >= 11 is 6.01. The van der Waals surface area contributed by atoms with Crippen LogP contribution in [0.2, 0.25) is 5.02 Å². The molecule has 0 aliphatic carbocycles. The Morgan fingerprint density at radius 3 is 2.34 bits per heavy atom.